The fraction of sp³-hybridized carbons (Fsp3) is 0.200. The van der Waals surface area contributed by atoms with Gasteiger partial charge in [-0.1, -0.05) is 18.2 Å². The van der Waals surface area contributed by atoms with Crippen LogP contribution in [-0.4, -0.2) is 37.3 Å². The molecule has 0 saturated carbocycles. The smallest absolute Gasteiger partial charge is 0.165 e. The highest BCUT2D eigenvalue weighted by atomic mass is 16.5. The van der Waals surface area contributed by atoms with E-state index in [-0.39, 0.29) is 5.75 Å². The molecule has 2 aromatic carbocycles. The Bertz CT molecular complexity index is 811. The highest BCUT2D eigenvalue weighted by molar-refractivity contribution is 5.92. The third-order valence-corrected chi connectivity index (χ3v) is 3.80. The van der Waals surface area contributed by atoms with E-state index in [1.807, 2.05) is 50.8 Å². The minimum Gasteiger partial charge on any atom is -0.504 e. The second kappa shape index (κ2) is 10.6. The zero-order valence-corrected chi connectivity index (χ0v) is 15.0. The minimum absolute atomic E-state index is 0.282. The Balaban J connectivity index is 0.000000791. The molecule has 0 unspecified atom stereocenters. The van der Waals surface area contributed by atoms with Crippen LogP contribution in [0.5, 0.6) is 11.5 Å². The summed E-state index contributed by atoms with van der Waals surface area (Å²) >= 11 is 0. The van der Waals surface area contributed by atoms with Gasteiger partial charge in [-0.3, -0.25) is 0 Å². The van der Waals surface area contributed by atoms with E-state index in [0.29, 0.717) is 5.82 Å². The van der Waals surface area contributed by atoms with Crippen LogP contribution < -0.4 is 10.1 Å². The molecule has 0 aliphatic rings. The van der Waals surface area contributed by atoms with Gasteiger partial charge < -0.3 is 29.7 Å². The lowest BCUT2D eigenvalue weighted by molar-refractivity contribution is -0.0987. The van der Waals surface area contributed by atoms with Crippen molar-refractivity contribution in [2.24, 2.45) is 0 Å². The Kier molecular flexibility index (Phi) is 8.43. The number of methoxy groups -OCH3 is 1. The van der Waals surface area contributed by atoms with Crippen LogP contribution in [-0.2, 0) is 16.0 Å². The van der Waals surface area contributed by atoms with Crippen LogP contribution in [0.2, 0.25) is 0 Å². The monoisotopic (exact) mass is 356 g/mol. The summed E-state index contributed by atoms with van der Waals surface area (Å²) in [5.41, 5.74) is 3.34. The number of anilines is 1. The number of H-pyrrole nitrogens is 1. The molecule has 3 aromatic rings. The van der Waals surface area contributed by atoms with Gasteiger partial charge in [0.05, 0.1) is 12.6 Å². The van der Waals surface area contributed by atoms with Crippen molar-refractivity contribution in [3.63, 3.8) is 0 Å². The van der Waals surface area contributed by atoms with Crippen LogP contribution in [0.3, 0.4) is 0 Å². The lowest BCUT2D eigenvalue weighted by Gasteiger charge is -2.06. The van der Waals surface area contributed by atoms with Crippen molar-refractivity contribution in [1.29, 1.82) is 0 Å². The van der Waals surface area contributed by atoms with Gasteiger partial charge in [-0.05, 0) is 48.7 Å². The number of aromatic nitrogens is 1. The summed E-state index contributed by atoms with van der Waals surface area (Å²) < 4.78 is 5.15. The predicted octanol–water partition coefficient (Wildman–Crippen LogP) is 3.48. The number of aryl methyl sites for hydroxylation is 1. The third-order valence-electron chi connectivity index (χ3n) is 3.80. The van der Waals surface area contributed by atoms with Gasteiger partial charge in [0, 0.05) is 11.9 Å². The maximum absolute atomic E-state index is 10.2. The minimum atomic E-state index is 0.282. The lowest BCUT2D eigenvalue weighted by atomic mass is 10.1. The van der Waals surface area contributed by atoms with Crippen molar-refractivity contribution in [2.75, 3.05) is 19.0 Å². The van der Waals surface area contributed by atoms with Gasteiger partial charge in [0.15, 0.2) is 5.75 Å². The van der Waals surface area contributed by atoms with E-state index in [0.717, 1.165) is 29.6 Å². The predicted molar refractivity (Wildman–Crippen MR) is 104 cm³/mol. The molecule has 0 saturated heterocycles. The molecule has 1 heterocycles. The third kappa shape index (κ3) is 5.11. The van der Waals surface area contributed by atoms with Crippen LogP contribution in [0.15, 0.2) is 42.5 Å². The van der Waals surface area contributed by atoms with Crippen molar-refractivity contribution in [3.05, 3.63) is 53.6 Å². The van der Waals surface area contributed by atoms with Crippen LogP contribution in [0.4, 0.5) is 5.82 Å². The van der Waals surface area contributed by atoms with E-state index in [9.17, 15) is 5.11 Å². The molecule has 1 aromatic heterocycles. The Hall–Kier alpha value is -3.28. The average Bonchev–Trinajstić information content (AvgIpc) is 3.00. The van der Waals surface area contributed by atoms with Crippen molar-refractivity contribution in [3.8, 4) is 11.5 Å². The second-order valence-electron chi connectivity index (χ2n) is 5.42. The van der Waals surface area contributed by atoms with E-state index in [4.69, 9.17) is 14.3 Å². The van der Waals surface area contributed by atoms with Crippen molar-refractivity contribution in [1.82, 2.24) is 4.98 Å². The number of carbonyl (C=O) groups is 2. The van der Waals surface area contributed by atoms with Crippen molar-refractivity contribution in [2.45, 2.75) is 13.3 Å². The SMILES string of the molecule is C=O.C=O.COc1ccc(CCNc2[nH]c3cc(C)ccc3c2O)cc1. The molecule has 0 bridgehead atoms. The van der Waals surface area contributed by atoms with Crippen molar-refractivity contribution < 1.29 is 19.4 Å². The zero-order valence-electron chi connectivity index (χ0n) is 15.0. The fourth-order valence-corrected chi connectivity index (χ4v) is 2.55. The highest BCUT2D eigenvalue weighted by Gasteiger charge is 2.09. The Labute approximate surface area is 152 Å². The Morgan fingerprint density at radius 1 is 1.08 bits per heavy atom. The highest BCUT2D eigenvalue weighted by Crippen LogP contribution is 2.33. The largest absolute Gasteiger partial charge is 0.504 e. The molecule has 0 spiro atoms. The number of aromatic hydroxyl groups is 1. The summed E-state index contributed by atoms with van der Waals surface area (Å²) in [6.45, 7) is 6.78. The Morgan fingerprint density at radius 2 is 1.73 bits per heavy atom. The van der Waals surface area contributed by atoms with E-state index in [1.165, 1.54) is 11.1 Å². The van der Waals surface area contributed by atoms with Gasteiger partial charge in [-0.2, -0.15) is 0 Å². The van der Waals surface area contributed by atoms with E-state index in [2.05, 4.69) is 22.4 Å². The molecule has 6 heteroatoms. The first-order valence-electron chi connectivity index (χ1n) is 7.93. The average molecular weight is 356 g/mol. The first kappa shape index (κ1) is 20.8. The van der Waals surface area contributed by atoms with Gasteiger partial charge in [-0.25, -0.2) is 0 Å². The summed E-state index contributed by atoms with van der Waals surface area (Å²) in [5.74, 6) is 1.82. The standard InChI is InChI=1S/C18H20N2O2.2CH2O/c1-12-3-8-15-16(11-12)20-18(17(15)21)19-10-9-13-4-6-14(22-2)7-5-13;2*1-2/h3-8,11,19-21H,9-10H2,1-2H3;2*1H2. The molecule has 0 aliphatic carbocycles. The van der Waals surface area contributed by atoms with Crippen molar-refractivity contribution >= 4 is 30.3 Å². The summed E-state index contributed by atoms with van der Waals surface area (Å²) in [6, 6.07) is 14.0. The van der Waals surface area contributed by atoms with Crippen LogP contribution in [0, 0.1) is 6.92 Å². The molecule has 0 fully saturated rings. The number of ether oxygens (including phenoxy) is 1. The molecule has 138 valence electrons. The summed E-state index contributed by atoms with van der Waals surface area (Å²) in [5, 5.41) is 14.3. The first-order chi connectivity index (χ1) is 12.7. The number of fused-ring (bicyclic) bond motifs is 1. The van der Waals surface area contributed by atoms with Crippen LogP contribution in [0.1, 0.15) is 11.1 Å². The number of carbonyl (C=O) groups excluding carboxylic acids is 2. The molecule has 6 nitrogen and oxygen atoms in total. The molecule has 0 radical (unpaired) electrons. The molecule has 0 amide bonds. The maximum atomic E-state index is 10.2. The summed E-state index contributed by atoms with van der Waals surface area (Å²) in [4.78, 5) is 19.2. The normalized spacial score (nSPS) is 9.46. The molecular formula is C20H24N2O4. The lowest BCUT2D eigenvalue weighted by Crippen LogP contribution is -2.05. The Morgan fingerprint density at radius 3 is 2.35 bits per heavy atom. The van der Waals surface area contributed by atoms with Crippen LogP contribution >= 0.6 is 0 Å². The molecule has 26 heavy (non-hydrogen) atoms. The molecule has 3 rings (SSSR count). The number of benzene rings is 2. The number of hydrogen-bond donors (Lipinski definition) is 3. The number of nitrogens with one attached hydrogen (secondary N) is 2. The van der Waals surface area contributed by atoms with Gasteiger partial charge in [-0.15, -0.1) is 0 Å². The van der Waals surface area contributed by atoms with E-state index < -0.39 is 0 Å². The van der Waals surface area contributed by atoms with E-state index >= 15 is 0 Å². The van der Waals surface area contributed by atoms with Gasteiger partial charge >= 0.3 is 0 Å². The summed E-state index contributed by atoms with van der Waals surface area (Å²) in [6.07, 6.45) is 0.873. The first-order valence-corrected chi connectivity index (χ1v) is 7.93. The molecule has 0 atom stereocenters. The number of aromatic amines is 1. The second-order valence-corrected chi connectivity index (χ2v) is 5.42. The van der Waals surface area contributed by atoms with Crippen LogP contribution in [0.25, 0.3) is 10.9 Å². The van der Waals surface area contributed by atoms with E-state index in [1.54, 1.807) is 7.11 Å². The maximum Gasteiger partial charge on any atom is 0.165 e. The van der Waals surface area contributed by atoms with Gasteiger partial charge in [0.1, 0.15) is 25.1 Å². The van der Waals surface area contributed by atoms with Gasteiger partial charge in [0.25, 0.3) is 0 Å². The molecule has 3 N–H and O–H groups in total. The number of rotatable bonds is 5. The zero-order chi connectivity index (χ0) is 19.5. The fourth-order valence-electron chi connectivity index (χ4n) is 2.55. The molecular weight excluding hydrogens is 332 g/mol. The van der Waals surface area contributed by atoms with Gasteiger partial charge in [0.2, 0.25) is 0 Å². The molecule has 0 aliphatic heterocycles. The summed E-state index contributed by atoms with van der Waals surface area (Å²) in [7, 11) is 1.66. The number of hydrogen-bond acceptors (Lipinski definition) is 5. The quantitative estimate of drug-likeness (QED) is 0.651. The topological polar surface area (TPSA) is 91.4 Å².